The van der Waals surface area contributed by atoms with Crippen LogP contribution in [0.4, 0.5) is 4.79 Å². The lowest BCUT2D eigenvalue weighted by Crippen LogP contribution is -2.44. The Morgan fingerprint density at radius 2 is 1.97 bits per heavy atom. The average Bonchev–Trinajstić information content (AvgIpc) is 3.36. The van der Waals surface area contributed by atoms with Crippen molar-refractivity contribution >= 4 is 22.9 Å². The van der Waals surface area contributed by atoms with Gasteiger partial charge in [0.2, 0.25) is 5.91 Å². The van der Waals surface area contributed by atoms with E-state index in [-0.39, 0.29) is 12.0 Å². The van der Waals surface area contributed by atoms with Crippen LogP contribution in [0.2, 0.25) is 0 Å². The van der Waals surface area contributed by atoms with Crippen LogP contribution >= 0.6 is 0 Å². The molecule has 2 aromatic heterocycles. The first-order chi connectivity index (χ1) is 17.7. The highest BCUT2D eigenvalue weighted by molar-refractivity contribution is 6.01. The van der Waals surface area contributed by atoms with E-state index in [9.17, 15) is 9.59 Å². The van der Waals surface area contributed by atoms with E-state index in [4.69, 9.17) is 9.47 Å². The van der Waals surface area contributed by atoms with Gasteiger partial charge in [-0.3, -0.25) is 9.78 Å². The third-order valence-corrected chi connectivity index (χ3v) is 7.59. The molecule has 4 heterocycles. The molecule has 2 fully saturated rings. The van der Waals surface area contributed by atoms with Gasteiger partial charge in [-0.05, 0) is 94.7 Å². The van der Waals surface area contributed by atoms with Gasteiger partial charge in [0, 0.05) is 49.2 Å². The molecule has 2 atom stereocenters. The molecule has 2 saturated heterocycles. The summed E-state index contributed by atoms with van der Waals surface area (Å²) >= 11 is 0. The van der Waals surface area contributed by atoms with Gasteiger partial charge in [0.15, 0.2) is 0 Å². The molecule has 3 aromatic rings. The quantitative estimate of drug-likeness (QED) is 0.456. The topological polar surface area (TPSA) is 73.7 Å². The fourth-order valence-electron chi connectivity index (χ4n) is 5.74. The highest BCUT2D eigenvalue weighted by Crippen LogP contribution is 2.41. The summed E-state index contributed by atoms with van der Waals surface area (Å²) in [6.45, 7) is 9.51. The molecule has 0 aliphatic carbocycles. The third-order valence-electron chi connectivity index (χ3n) is 7.59. The molecule has 2 unspecified atom stereocenters. The number of aromatic nitrogens is 2. The van der Waals surface area contributed by atoms with Gasteiger partial charge in [0.05, 0.1) is 11.5 Å². The molecule has 0 saturated carbocycles. The number of likely N-dealkylation sites (tertiary alicyclic amines) is 1. The number of aryl methyl sites for hydroxylation is 1. The summed E-state index contributed by atoms with van der Waals surface area (Å²) in [5.41, 5.74) is 2.70. The molecule has 0 bridgehead atoms. The van der Waals surface area contributed by atoms with Crippen molar-refractivity contribution in [1.82, 2.24) is 14.5 Å². The van der Waals surface area contributed by atoms with Gasteiger partial charge < -0.3 is 14.0 Å². The summed E-state index contributed by atoms with van der Waals surface area (Å²) in [6.07, 6.45) is 9.70. The molecule has 2 amide bonds. The number of carbonyl (C=O) groups excluding carboxylic acids is 2. The molecule has 7 nitrogen and oxygen atoms in total. The fourth-order valence-corrected chi connectivity index (χ4v) is 5.74. The first-order valence-corrected chi connectivity index (χ1v) is 13.3. The number of carbonyl (C=O) groups is 2. The lowest BCUT2D eigenvalue weighted by Gasteiger charge is -2.29. The Hall–Kier alpha value is -3.19. The van der Waals surface area contributed by atoms with Crippen molar-refractivity contribution in [2.75, 3.05) is 13.2 Å². The molecule has 7 heteroatoms. The Morgan fingerprint density at radius 1 is 1.19 bits per heavy atom. The second kappa shape index (κ2) is 9.93. The summed E-state index contributed by atoms with van der Waals surface area (Å²) in [7, 11) is 0. The molecule has 2 aliphatic rings. The van der Waals surface area contributed by atoms with Crippen molar-refractivity contribution in [3.63, 3.8) is 0 Å². The minimum absolute atomic E-state index is 0.203. The van der Waals surface area contributed by atoms with Gasteiger partial charge in [-0.25, -0.2) is 9.69 Å². The lowest BCUT2D eigenvalue weighted by molar-refractivity contribution is -0.131. The molecular weight excluding hydrogens is 466 g/mol. The number of amides is 2. The van der Waals surface area contributed by atoms with Gasteiger partial charge in [0.1, 0.15) is 5.60 Å². The molecule has 0 radical (unpaired) electrons. The molecular formula is C30H37N3O4. The molecule has 2 aliphatic heterocycles. The molecule has 0 N–H and O–H groups in total. The predicted molar refractivity (Wildman–Crippen MR) is 142 cm³/mol. The normalized spacial score (nSPS) is 22.5. The monoisotopic (exact) mass is 503 g/mol. The van der Waals surface area contributed by atoms with Crippen LogP contribution in [0.15, 0.2) is 48.9 Å². The van der Waals surface area contributed by atoms with Crippen molar-refractivity contribution in [2.45, 2.75) is 83.5 Å². The number of rotatable bonds is 5. The average molecular weight is 504 g/mol. The number of nitrogens with zero attached hydrogens (tertiary/aromatic N) is 3. The maximum absolute atomic E-state index is 14.1. The minimum Gasteiger partial charge on any atom is -0.443 e. The third kappa shape index (κ3) is 5.14. The van der Waals surface area contributed by atoms with Gasteiger partial charge in [-0.2, -0.15) is 0 Å². The largest absolute Gasteiger partial charge is 0.443 e. The standard InChI is InChI=1S/C30H37N3O4/c1-21-19-32(20-24-7-5-6-16-36-24)26-17-23(8-9-25(21)26)30(18-22-10-13-31-14-11-22)12-15-33(27(30)34)28(35)37-29(2,3)4/h8-11,13-14,17,19,24H,5-7,12,15-16,18,20H2,1-4H3. The van der Waals surface area contributed by atoms with Gasteiger partial charge in [-0.1, -0.05) is 12.1 Å². The maximum atomic E-state index is 14.1. The summed E-state index contributed by atoms with van der Waals surface area (Å²) in [5, 5.41) is 1.17. The van der Waals surface area contributed by atoms with Crippen LogP contribution in [0.1, 0.15) is 63.1 Å². The van der Waals surface area contributed by atoms with Crippen LogP contribution in [0.3, 0.4) is 0 Å². The summed E-state index contributed by atoms with van der Waals surface area (Å²) in [4.78, 5) is 32.5. The van der Waals surface area contributed by atoms with Gasteiger partial charge in [0.25, 0.3) is 0 Å². The Kier molecular flexibility index (Phi) is 6.84. The van der Waals surface area contributed by atoms with Crippen LogP contribution in [0.5, 0.6) is 0 Å². The second-order valence-corrected chi connectivity index (χ2v) is 11.5. The zero-order valence-corrected chi connectivity index (χ0v) is 22.3. The Balaban J connectivity index is 1.55. The van der Waals surface area contributed by atoms with Gasteiger partial charge in [-0.15, -0.1) is 0 Å². The number of pyridine rings is 1. The summed E-state index contributed by atoms with van der Waals surface area (Å²) in [6, 6.07) is 10.2. The second-order valence-electron chi connectivity index (χ2n) is 11.5. The van der Waals surface area contributed by atoms with Crippen molar-refractivity contribution in [3.05, 3.63) is 65.6 Å². The van der Waals surface area contributed by atoms with Crippen LogP contribution in [-0.2, 0) is 32.6 Å². The van der Waals surface area contributed by atoms with Crippen LogP contribution in [0.25, 0.3) is 10.9 Å². The molecule has 0 spiro atoms. The van der Waals surface area contributed by atoms with E-state index < -0.39 is 17.1 Å². The predicted octanol–water partition coefficient (Wildman–Crippen LogP) is 5.56. The van der Waals surface area contributed by atoms with Crippen molar-refractivity contribution in [3.8, 4) is 0 Å². The minimum atomic E-state index is -0.864. The van der Waals surface area contributed by atoms with E-state index in [1.807, 2.05) is 32.9 Å². The van der Waals surface area contributed by atoms with E-state index in [2.05, 4.69) is 40.9 Å². The van der Waals surface area contributed by atoms with Crippen molar-refractivity contribution in [2.24, 2.45) is 0 Å². The number of ether oxygens (including phenoxy) is 2. The highest BCUT2D eigenvalue weighted by atomic mass is 16.6. The number of benzene rings is 1. The number of hydrogen-bond acceptors (Lipinski definition) is 5. The van der Waals surface area contributed by atoms with Crippen LogP contribution in [-0.4, -0.2) is 51.3 Å². The zero-order chi connectivity index (χ0) is 26.2. The Morgan fingerprint density at radius 3 is 2.68 bits per heavy atom. The Labute approximate surface area is 218 Å². The molecule has 1 aromatic carbocycles. The van der Waals surface area contributed by atoms with Crippen LogP contribution in [0, 0.1) is 6.92 Å². The van der Waals surface area contributed by atoms with E-state index in [1.165, 1.54) is 22.3 Å². The first-order valence-electron chi connectivity index (χ1n) is 13.3. The number of imide groups is 1. The van der Waals surface area contributed by atoms with E-state index in [1.54, 1.807) is 12.4 Å². The number of hydrogen-bond donors (Lipinski definition) is 0. The molecule has 196 valence electrons. The maximum Gasteiger partial charge on any atom is 0.417 e. The van der Waals surface area contributed by atoms with E-state index >= 15 is 0 Å². The summed E-state index contributed by atoms with van der Waals surface area (Å²) < 4.78 is 13.9. The smallest absolute Gasteiger partial charge is 0.417 e. The summed E-state index contributed by atoms with van der Waals surface area (Å²) in [5.74, 6) is -0.205. The molecule has 5 rings (SSSR count). The Bertz CT molecular complexity index is 1290. The first kappa shape index (κ1) is 25.5. The fraction of sp³-hybridized carbons (Fsp3) is 0.500. The lowest BCUT2D eigenvalue weighted by atomic mass is 9.74. The van der Waals surface area contributed by atoms with Crippen molar-refractivity contribution in [1.29, 1.82) is 0 Å². The zero-order valence-electron chi connectivity index (χ0n) is 22.3. The van der Waals surface area contributed by atoms with Gasteiger partial charge >= 0.3 is 6.09 Å². The molecule has 37 heavy (non-hydrogen) atoms. The van der Waals surface area contributed by atoms with E-state index in [0.29, 0.717) is 19.4 Å². The SMILES string of the molecule is Cc1cn(CC2CCCCO2)c2cc(C3(Cc4ccncc4)CCN(C(=O)OC(C)(C)C)C3=O)ccc12. The highest BCUT2D eigenvalue weighted by Gasteiger charge is 2.51. The van der Waals surface area contributed by atoms with E-state index in [0.717, 1.165) is 42.6 Å². The van der Waals surface area contributed by atoms with Crippen LogP contribution < -0.4 is 0 Å². The number of fused-ring (bicyclic) bond motifs is 1. The van der Waals surface area contributed by atoms with Crippen molar-refractivity contribution < 1.29 is 19.1 Å².